The zero-order chi connectivity index (χ0) is 19.8. The first-order valence-corrected chi connectivity index (χ1v) is 7.81. The predicted molar refractivity (Wildman–Crippen MR) is 89.5 cm³/mol. The molecule has 0 amide bonds. The molecule has 0 aliphatic carbocycles. The Bertz CT molecular complexity index is 1040. The summed E-state index contributed by atoms with van der Waals surface area (Å²) in [5.74, 6) is -4.12. The zero-order valence-electron chi connectivity index (χ0n) is 14.6. The molecule has 0 saturated heterocycles. The molecule has 28 heavy (non-hydrogen) atoms. The smallest absolute Gasteiger partial charge is 0.354 e. The third-order valence-electron chi connectivity index (χ3n) is 4.04. The molecule has 0 radical (unpaired) electrons. The number of pyridine rings is 3. The predicted octanol–water partition coefficient (Wildman–Crippen LogP) is 3.78. The summed E-state index contributed by atoms with van der Waals surface area (Å²) in [4.78, 5) is 22.5. The van der Waals surface area contributed by atoms with Crippen LogP contribution in [0.1, 0.15) is 35.7 Å². The van der Waals surface area contributed by atoms with Crippen molar-refractivity contribution in [2.75, 3.05) is 0 Å². The molecule has 0 saturated carbocycles. The molecule has 3 aromatic rings. The van der Waals surface area contributed by atoms with Crippen molar-refractivity contribution >= 4 is 5.97 Å². The molecule has 1 N–H and O–H groups in total. The molecule has 0 bridgehead atoms. The van der Waals surface area contributed by atoms with Crippen molar-refractivity contribution in [2.45, 2.75) is 19.3 Å². The Morgan fingerprint density at radius 3 is 2.43 bits per heavy atom. The summed E-state index contributed by atoms with van der Waals surface area (Å²) in [6.45, 7) is 3.35. The van der Waals surface area contributed by atoms with E-state index in [9.17, 15) is 18.0 Å². The summed E-state index contributed by atoms with van der Waals surface area (Å²) >= 11 is 0. The first kappa shape index (κ1) is 21.7. The van der Waals surface area contributed by atoms with Gasteiger partial charge in [-0.1, -0.05) is 17.7 Å². The van der Waals surface area contributed by atoms with Gasteiger partial charge in [0.2, 0.25) is 0 Å². The largest absolute Gasteiger partial charge is 0.477 e. The number of aromatic nitrogens is 3. The van der Waals surface area contributed by atoms with Gasteiger partial charge < -0.3 is 5.11 Å². The summed E-state index contributed by atoms with van der Waals surface area (Å²) in [5.41, 5.74) is -1.03. The van der Waals surface area contributed by atoms with Gasteiger partial charge in [-0.05, 0) is 43.8 Å². The van der Waals surface area contributed by atoms with Gasteiger partial charge in [0.05, 0.1) is 5.69 Å². The second kappa shape index (κ2) is 8.18. The molecule has 148 valence electrons. The average molecular weight is 567 g/mol. The number of carboxylic acids is 1. The van der Waals surface area contributed by atoms with Crippen LogP contribution in [0.5, 0.6) is 0 Å². The van der Waals surface area contributed by atoms with Gasteiger partial charge in [0.25, 0.3) is 0 Å². The molecule has 3 heterocycles. The van der Waals surface area contributed by atoms with Crippen molar-refractivity contribution in [3.05, 3.63) is 77.3 Å². The van der Waals surface area contributed by atoms with Crippen LogP contribution in [0, 0.1) is 23.8 Å². The van der Waals surface area contributed by atoms with Crippen molar-refractivity contribution in [2.24, 2.45) is 0 Å². The molecule has 0 aliphatic heterocycles. The Labute approximate surface area is 173 Å². The fraction of sp³-hybridized carbons (Fsp3) is 0.158. The van der Waals surface area contributed by atoms with Crippen LogP contribution in [-0.4, -0.2) is 26.0 Å². The van der Waals surface area contributed by atoms with Gasteiger partial charge in [-0.2, -0.15) is 0 Å². The van der Waals surface area contributed by atoms with Crippen LogP contribution in [0.3, 0.4) is 0 Å². The number of carboxylic acid groups (broad SMARTS) is 1. The number of nitrogens with zero attached hydrogens (tertiary/aromatic N) is 3. The van der Waals surface area contributed by atoms with Crippen LogP contribution < -0.4 is 0 Å². The molecule has 5 nitrogen and oxygen atoms in total. The van der Waals surface area contributed by atoms with Crippen LogP contribution >= 0.6 is 0 Å². The molecule has 0 aromatic carbocycles. The topological polar surface area (TPSA) is 76.0 Å². The van der Waals surface area contributed by atoms with E-state index in [0.29, 0.717) is 5.69 Å². The summed E-state index contributed by atoms with van der Waals surface area (Å²) in [5, 5.41) is 9.11. The van der Waals surface area contributed by atoms with Crippen molar-refractivity contribution in [1.29, 1.82) is 0 Å². The van der Waals surface area contributed by atoms with Crippen molar-refractivity contribution in [1.82, 2.24) is 15.0 Å². The van der Waals surface area contributed by atoms with E-state index < -0.39 is 29.1 Å². The summed E-state index contributed by atoms with van der Waals surface area (Å²) in [6.07, 6.45) is 0. The maximum absolute atomic E-state index is 14.2. The molecule has 3 rings (SSSR count). The molecule has 0 atom stereocenters. The van der Waals surface area contributed by atoms with Crippen LogP contribution in [0.4, 0.5) is 13.2 Å². The molecular formula is C19H13F3N3O2Pt-. The first-order valence-electron chi connectivity index (χ1n) is 7.81. The van der Waals surface area contributed by atoms with Crippen molar-refractivity contribution in [3.8, 4) is 11.3 Å². The number of hydrogen-bond acceptors (Lipinski definition) is 4. The minimum atomic E-state index is -1.20. The Hall–Kier alpha value is -2.60. The first-order chi connectivity index (χ1) is 12.7. The van der Waals surface area contributed by atoms with Crippen molar-refractivity contribution in [3.63, 3.8) is 0 Å². The fourth-order valence-electron chi connectivity index (χ4n) is 2.53. The van der Waals surface area contributed by atoms with Crippen LogP contribution in [-0.2, 0) is 26.5 Å². The summed E-state index contributed by atoms with van der Waals surface area (Å²) in [6, 6.07) is 9.75. The molecule has 3 aromatic heterocycles. The number of rotatable bonds is 4. The minimum Gasteiger partial charge on any atom is -0.477 e. The van der Waals surface area contributed by atoms with Crippen LogP contribution in [0.15, 0.2) is 36.4 Å². The second-order valence-electron chi connectivity index (χ2n) is 6.28. The number of aromatic carboxylic acids is 1. The van der Waals surface area contributed by atoms with Gasteiger partial charge in [0.1, 0.15) is 23.4 Å². The standard InChI is InChI=1S/C19H13F3N3O2.Pt/c1-19(2,14-5-3-4-12(23-14)18(26)27)15-9-10(20)8-13(24-15)11-6-7-16(21)25-17(11)22;/h3-5,7-9H,1-2H3,(H,26,27);/q-1;. The van der Waals surface area contributed by atoms with E-state index >= 15 is 0 Å². The Morgan fingerprint density at radius 1 is 1.07 bits per heavy atom. The van der Waals surface area contributed by atoms with Gasteiger partial charge in [-0.25, -0.2) is 22.9 Å². The maximum Gasteiger partial charge on any atom is 0.354 e. The number of halogens is 3. The Kier molecular flexibility index (Phi) is 6.34. The Morgan fingerprint density at radius 2 is 1.79 bits per heavy atom. The maximum atomic E-state index is 14.2. The third-order valence-corrected chi connectivity index (χ3v) is 4.04. The van der Waals surface area contributed by atoms with Crippen molar-refractivity contribution < 1.29 is 44.1 Å². The van der Waals surface area contributed by atoms with E-state index in [1.165, 1.54) is 12.1 Å². The number of carbonyl (C=O) groups is 1. The minimum absolute atomic E-state index is 0. The van der Waals surface area contributed by atoms with E-state index in [-0.39, 0.29) is 43.7 Å². The molecule has 0 unspecified atom stereocenters. The summed E-state index contributed by atoms with van der Waals surface area (Å²) in [7, 11) is 0. The second-order valence-corrected chi connectivity index (χ2v) is 6.28. The molecule has 0 fully saturated rings. The monoisotopic (exact) mass is 567 g/mol. The third kappa shape index (κ3) is 4.28. The molecular weight excluding hydrogens is 554 g/mol. The van der Waals surface area contributed by atoms with Gasteiger partial charge in [0.15, 0.2) is 0 Å². The molecule has 9 heteroatoms. The van der Waals surface area contributed by atoms with E-state index in [1.807, 2.05) is 0 Å². The van der Waals surface area contributed by atoms with Gasteiger partial charge in [-0.15, -0.1) is 6.07 Å². The van der Waals surface area contributed by atoms with Gasteiger partial charge in [-0.3, -0.25) is 9.97 Å². The van der Waals surface area contributed by atoms with E-state index in [4.69, 9.17) is 5.11 Å². The zero-order valence-corrected chi connectivity index (χ0v) is 16.9. The number of hydrogen-bond donors (Lipinski definition) is 1. The quantitative estimate of drug-likeness (QED) is 0.384. The van der Waals surface area contributed by atoms with Crippen LogP contribution in [0.25, 0.3) is 11.3 Å². The van der Waals surface area contributed by atoms with Gasteiger partial charge >= 0.3 is 5.97 Å². The van der Waals surface area contributed by atoms with E-state index in [2.05, 4.69) is 21.0 Å². The molecule has 0 aliphatic rings. The van der Waals surface area contributed by atoms with Gasteiger partial charge in [0, 0.05) is 32.2 Å². The van der Waals surface area contributed by atoms with E-state index in [0.717, 1.165) is 18.2 Å². The normalized spacial score (nSPS) is 11.0. The van der Waals surface area contributed by atoms with Crippen LogP contribution in [0.2, 0.25) is 0 Å². The molecule has 0 spiro atoms. The fourth-order valence-corrected chi connectivity index (χ4v) is 2.53. The SMILES string of the molecule is CC(C)(c1cccc(C(=O)O)n1)c1cc(F)cc(-c2[c-]cc(F)nc2F)n1.[Pt]. The summed E-state index contributed by atoms with van der Waals surface area (Å²) < 4.78 is 41.1. The average Bonchev–Trinajstić information content (AvgIpc) is 2.61. The Balaban J connectivity index is 0.00000280. The van der Waals surface area contributed by atoms with E-state index in [1.54, 1.807) is 19.9 Å².